The average Bonchev–Trinajstić information content (AvgIpc) is 3.63. The molecule has 1 saturated heterocycles. The van der Waals surface area contributed by atoms with Gasteiger partial charge in [-0.15, -0.1) is 20.6 Å². The minimum Gasteiger partial charge on any atom is -0.492 e. The molecule has 1 saturated carbocycles. The number of benzene rings is 2. The fraction of sp³-hybridized carbons (Fsp3) is 0.320. The highest BCUT2D eigenvalue weighted by Gasteiger charge is 2.33. The van der Waals surface area contributed by atoms with E-state index in [2.05, 4.69) is 19.1 Å². The maximum Gasteiger partial charge on any atom is 0.199 e. The first kappa shape index (κ1) is 22.8. The summed E-state index contributed by atoms with van der Waals surface area (Å²) >= 11 is 1.36. The molecule has 35 heavy (non-hydrogen) atoms. The Kier molecular flexibility index (Phi) is 5.55. The molecular formula is C25H23F3N3O2PS. The highest BCUT2D eigenvalue weighted by Crippen LogP contribution is 2.47. The summed E-state index contributed by atoms with van der Waals surface area (Å²) in [7, 11) is 4.09. The zero-order chi connectivity index (χ0) is 24.4. The van der Waals surface area contributed by atoms with E-state index in [9.17, 15) is 13.6 Å². The number of methoxy groups -OCH3 is 1. The van der Waals surface area contributed by atoms with Gasteiger partial charge in [0.2, 0.25) is 0 Å². The van der Waals surface area contributed by atoms with Crippen molar-refractivity contribution in [3.8, 4) is 16.2 Å². The molecule has 1 aliphatic heterocycles. The summed E-state index contributed by atoms with van der Waals surface area (Å²) in [5.41, 5.74) is 1.15. The van der Waals surface area contributed by atoms with E-state index < -0.39 is 17.5 Å². The van der Waals surface area contributed by atoms with E-state index in [1.54, 1.807) is 0 Å². The number of thiophene rings is 1. The molecule has 1 aliphatic carbocycles. The van der Waals surface area contributed by atoms with Crippen molar-refractivity contribution in [2.45, 2.75) is 18.9 Å². The molecule has 2 aromatic carbocycles. The summed E-state index contributed by atoms with van der Waals surface area (Å²) < 4.78 is 51.1. The molecule has 0 spiro atoms. The van der Waals surface area contributed by atoms with Crippen molar-refractivity contribution in [1.82, 2.24) is 9.88 Å². The topological polar surface area (TPSA) is 46.5 Å². The van der Waals surface area contributed by atoms with Crippen LogP contribution in [0.4, 0.5) is 18.9 Å². The van der Waals surface area contributed by atoms with Gasteiger partial charge in [0.15, 0.2) is 28.6 Å². The second-order valence-corrected chi connectivity index (χ2v) is 10.5. The van der Waals surface area contributed by atoms with Gasteiger partial charge in [0, 0.05) is 42.4 Å². The third kappa shape index (κ3) is 3.55. The standard InChI is InChI=1S/C25H23F3N3O2PS/c1-33-22-19-14(11-17(28)20(22)30-8-6-29-7-9-30)21(32)18-23(34)24(12-2-5-15(26)16(27)10-12)35-25(18)31(19)13-3-4-13/h2,5,10-11,13,29H,3-4,6-9,34H2,1H3. The van der Waals surface area contributed by atoms with E-state index in [1.807, 2.05) is 4.90 Å². The SMILES string of the molecule is COc1c(N2CCNCC2)c(F)cc2c(=O)c3c(P)c(-c4ccc(F)c(F)c4)sc3n(C3CC3)c12. The van der Waals surface area contributed by atoms with Crippen molar-refractivity contribution in [3.05, 3.63) is 51.9 Å². The van der Waals surface area contributed by atoms with Crippen molar-refractivity contribution < 1.29 is 17.9 Å². The second kappa shape index (κ2) is 8.50. The van der Waals surface area contributed by atoms with Crippen molar-refractivity contribution in [2.24, 2.45) is 0 Å². The van der Waals surface area contributed by atoms with Crippen LogP contribution in [-0.2, 0) is 0 Å². The molecule has 10 heteroatoms. The Balaban J connectivity index is 1.71. The van der Waals surface area contributed by atoms with Gasteiger partial charge in [-0.25, -0.2) is 13.2 Å². The molecule has 1 unspecified atom stereocenters. The lowest BCUT2D eigenvalue weighted by atomic mass is 10.1. The Labute approximate surface area is 205 Å². The van der Waals surface area contributed by atoms with Gasteiger partial charge in [-0.1, -0.05) is 6.07 Å². The molecule has 5 nitrogen and oxygen atoms in total. The van der Waals surface area contributed by atoms with Crippen LogP contribution in [0.2, 0.25) is 0 Å². The first-order valence-corrected chi connectivity index (χ1v) is 12.9. The molecule has 182 valence electrons. The van der Waals surface area contributed by atoms with E-state index in [4.69, 9.17) is 4.74 Å². The summed E-state index contributed by atoms with van der Waals surface area (Å²) in [5, 5.41) is 4.59. The van der Waals surface area contributed by atoms with Gasteiger partial charge in [-0.2, -0.15) is 0 Å². The molecule has 4 aromatic rings. The maximum atomic E-state index is 15.6. The number of pyridine rings is 1. The molecule has 2 fully saturated rings. The van der Waals surface area contributed by atoms with Gasteiger partial charge in [0.05, 0.1) is 23.4 Å². The third-order valence-corrected chi connectivity index (χ3v) is 8.81. The Morgan fingerprint density at radius 3 is 2.49 bits per heavy atom. The zero-order valence-corrected chi connectivity index (χ0v) is 20.9. The van der Waals surface area contributed by atoms with Crippen molar-refractivity contribution in [2.75, 3.05) is 38.2 Å². The normalized spacial score (nSPS) is 16.4. The van der Waals surface area contributed by atoms with E-state index in [-0.39, 0.29) is 16.9 Å². The molecule has 1 atom stereocenters. The number of hydrogen-bond donors (Lipinski definition) is 1. The lowest BCUT2D eigenvalue weighted by Crippen LogP contribution is -2.44. The number of hydrogen-bond acceptors (Lipinski definition) is 5. The number of piperazine rings is 1. The monoisotopic (exact) mass is 517 g/mol. The fourth-order valence-electron chi connectivity index (χ4n) is 4.98. The molecule has 2 aromatic heterocycles. The Morgan fingerprint density at radius 2 is 1.83 bits per heavy atom. The number of ether oxygens (including phenoxy) is 1. The van der Waals surface area contributed by atoms with E-state index in [0.717, 1.165) is 42.9 Å². The van der Waals surface area contributed by atoms with Crippen molar-refractivity contribution in [1.29, 1.82) is 0 Å². The van der Waals surface area contributed by atoms with Crippen LogP contribution in [-0.4, -0.2) is 37.9 Å². The number of halogens is 3. The first-order valence-electron chi connectivity index (χ1n) is 11.5. The summed E-state index contributed by atoms with van der Waals surface area (Å²) in [4.78, 5) is 17.1. The third-order valence-electron chi connectivity index (χ3n) is 6.77. The van der Waals surface area contributed by atoms with Gasteiger partial charge >= 0.3 is 0 Å². The van der Waals surface area contributed by atoms with Crippen LogP contribution >= 0.6 is 20.6 Å². The smallest absolute Gasteiger partial charge is 0.199 e. The lowest BCUT2D eigenvalue weighted by Gasteiger charge is -2.31. The van der Waals surface area contributed by atoms with Crippen LogP contribution in [0.15, 0.2) is 29.1 Å². The Hall–Kier alpha value is -2.61. The van der Waals surface area contributed by atoms with Crippen LogP contribution in [0, 0.1) is 17.5 Å². The van der Waals surface area contributed by atoms with Gasteiger partial charge in [-0.05, 0) is 36.6 Å². The first-order chi connectivity index (χ1) is 16.9. The zero-order valence-electron chi connectivity index (χ0n) is 19.0. The van der Waals surface area contributed by atoms with Crippen LogP contribution in [0.5, 0.6) is 5.75 Å². The number of nitrogens with zero attached hydrogens (tertiary/aromatic N) is 2. The molecule has 1 N–H and O–H groups in total. The van der Waals surface area contributed by atoms with Gasteiger partial charge in [-0.3, -0.25) is 4.79 Å². The summed E-state index contributed by atoms with van der Waals surface area (Å²) in [5.74, 6) is -2.00. The Bertz CT molecular complexity index is 1560. The number of rotatable bonds is 4. The molecule has 0 amide bonds. The largest absolute Gasteiger partial charge is 0.492 e. The molecule has 6 rings (SSSR count). The summed E-state index contributed by atoms with van der Waals surface area (Å²) in [6.07, 6.45) is 1.86. The minimum absolute atomic E-state index is 0.150. The predicted molar refractivity (Wildman–Crippen MR) is 138 cm³/mol. The molecule has 2 aliphatic rings. The highest BCUT2D eigenvalue weighted by atomic mass is 32.1. The van der Waals surface area contributed by atoms with Crippen LogP contribution in [0.3, 0.4) is 0 Å². The van der Waals surface area contributed by atoms with Gasteiger partial charge in [0.1, 0.15) is 10.5 Å². The summed E-state index contributed by atoms with van der Waals surface area (Å²) in [6, 6.07) is 5.21. The quantitative estimate of drug-likeness (QED) is 0.404. The number of anilines is 1. The highest BCUT2D eigenvalue weighted by molar-refractivity contribution is 7.34. The lowest BCUT2D eigenvalue weighted by molar-refractivity contribution is 0.411. The second-order valence-electron chi connectivity index (χ2n) is 8.96. The van der Waals surface area contributed by atoms with Crippen molar-refractivity contribution >= 4 is 52.7 Å². The summed E-state index contributed by atoms with van der Waals surface area (Å²) in [6.45, 7) is 2.72. The van der Waals surface area contributed by atoms with Crippen LogP contribution in [0.1, 0.15) is 18.9 Å². The Morgan fingerprint density at radius 1 is 1.09 bits per heavy atom. The average molecular weight is 518 g/mol. The predicted octanol–water partition coefficient (Wildman–Crippen LogP) is 4.55. The van der Waals surface area contributed by atoms with Crippen LogP contribution in [0.25, 0.3) is 31.6 Å². The maximum absolute atomic E-state index is 15.6. The van der Waals surface area contributed by atoms with E-state index >= 15 is 4.39 Å². The number of fused-ring (bicyclic) bond motifs is 2. The molecule has 0 bridgehead atoms. The fourth-order valence-corrected chi connectivity index (χ4v) is 6.99. The number of nitrogens with one attached hydrogen (secondary N) is 1. The minimum atomic E-state index is -0.948. The van der Waals surface area contributed by atoms with Gasteiger partial charge < -0.3 is 19.5 Å². The molecular weight excluding hydrogens is 494 g/mol. The molecule has 0 radical (unpaired) electrons. The van der Waals surface area contributed by atoms with E-state index in [1.165, 1.54) is 30.6 Å². The number of aromatic nitrogens is 1. The van der Waals surface area contributed by atoms with Gasteiger partial charge in [0.25, 0.3) is 0 Å². The van der Waals surface area contributed by atoms with Crippen molar-refractivity contribution in [3.63, 3.8) is 0 Å². The molecule has 3 heterocycles. The van der Waals surface area contributed by atoms with Crippen LogP contribution < -0.4 is 25.7 Å². The van der Waals surface area contributed by atoms with E-state index in [0.29, 0.717) is 51.2 Å².